The number of hydrogen-bond acceptors (Lipinski definition) is 5. The third-order valence-electron chi connectivity index (χ3n) is 4.52. The molecule has 2 aromatic carbocycles. The van der Waals surface area contributed by atoms with Crippen molar-refractivity contribution in [1.82, 2.24) is 5.32 Å². The standard InChI is InChI=1S/C21H23NO6/c1-26-19-11-14(4-9-18(19)28-13-17-3-2-10-27-17)12-22-20(23)15-5-7-16(8-6-15)21(24)25/h4-9,11,17H,2-3,10,12-13H2,1H3,(H,22,23)(H,24,25)/t17-/m1/s1. The van der Waals surface area contributed by atoms with Gasteiger partial charge in [0.1, 0.15) is 6.61 Å². The zero-order chi connectivity index (χ0) is 19.9. The number of nitrogens with one attached hydrogen (secondary N) is 1. The molecule has 0 aromatic heterocycles. The van der Waals surface area contributed by atoms with E-state index in [0.717, 1.165) is 25.0 Å². The first kappa shape index (κ1) is 19.7. The van der Waals surface area contributed by atoms with Crippen LogP contribution in [0.4, 0.5) is 0 Å². The van der Waals surface area contributed by atoms with Crippen molar-refractivity contribution in [3.05, 3.63) is 59.2 Å². The average Bonchev–Trinajstić information content (AvgIpc) is 3.24. The molecule has 3 rings (SSSR count). The Hall–Kier alpha value is -3.06. The Kier molecular flexibility index (Phi) is 6.49. The van der Waals surface area contributed by atoms with E-state index in [0.29, 0.717) is 30.2 Å². The minimum atomic E-state index is -1.03. The monoisotopic (exact) mass is 385 g/mol. The van der Waals surface area contributed by atoms with Crippen LogP contribution in [0.3, 0.4) is 0 Å². The molecular weight excluding hydrogens is 362 g/mol. The molecule has 0 bridgehead atoms. The lowest BCUT2D eigenvalue weighted by atomic mass is 10.1. The summed E-state index contributed by atoms with van der Waals surface area (Å²) in [4.78, 5) is 23.1. The van der Waals surface area contributed by atoms with E-state index in [9.17, 15) is 9.59 Å². The van der Waals surface area contributed by atoms with E-state index in [4.69, 9.17) is 19.3 Å². The van der Waals surface area contributed by atoms with Gasteiger partial charge in [-0.3, -0.25) is 4.79 Å². The van der Waals surface area contributed by atoms with Gasteiger partial charge in [-0.05, 0) is 54.8 Å². The van der Waals surface area contributed by atoms with Crippen LogP contribution in [-0.2, 0) is 11.3 Å². The molecule has 148 valence electrons. The van der Waals surface area contributed by atoms with Crippen molar-refractivity contribution >= 4 is 11.9 Å². The smallest absolute Gasteiger partial charge is 0.335 e. The Morgan fingerprint density at radius 2 is 1.89 bits per heavy atom. The van der Waals surface area contributed by atoms with Crippen LogP contribution in [0.25, 0.3) is 0 Å². The predicted octanol–water partition coefficient (Wildman–Crippen LogP) is 2.88. The highest BCUT2D eigenvalue weighted by Crippen LogP contribution is 2.29. The summed E-state index contributed by atoms with van der Waals surface area (Å²) in [7, 11) is 1.57. The Bertz CT molecular complexity index is 827. The summed E-state index contributed by atoms with van der Waals surface area (Å²) in [5.74, 6) is -0.0802. The number of carboxylic acid groups (broad SMARTS) is 1. The first-order valence-corrected chi connectivity index (χ1v) is 9.09. The van der Waals surface area contributed by atoms with Crippen LogP contribution in [0.2, 0.25) is 0 Å². The maximum absolute atomic E-state index is 12.2. The maximum Gasteiger partial charge on any atom is 0.335 e. The molecule has 0 aliphatic carbocycles. The molecule has 1 fully saturated rings. The fraction of sp³-hybridized carbons (Fsp3) is 0.333. The van der Waals surface area contributed by atoms with Crippen molar-refractivity contribution in [3.8, 4) is 11.5 Å². The zero-order valence-electron chi connectivity index (χ0n) is 15.6. The van der Waals surface area contributed by atoms with Crippen LogP contribution in [-0.4, -0.2) is 43.4 Å². The minimum absolute atomic E-state index is 0.121. The van der Waals surface area contributed by atoms with E-state index in [1.165, 1.54) is 24.3 Å². The first-order valence-electron chi connectivity index (χ1n) is 9.09. The van der Waals surface area contributed by atoms with Crippen molar-refractivity contribution < 1.29 is 28.9 Å². The summed E-state index contributed by atoms with van der Waals surface area (Å²) in [5, 5.41) is 11.7. The van der Waals surface area contributed by atoms with Gasteiger partial charge in [0.25, 0.3) is 5.91 Å². The zero-order valence-corrected chi connectivity index (χ0v) is 15.6. The number of methoxy groups -OCH3 is 1. The van der Waals surface area contributed by atoms with Crippen molar-refractivity contribution in [2.24, 2.45) is 0 Å². The Morgan fingerprint density at radius 3 is 2.54 bits per heavy atom. The van der Waals surface area contributed by atoms with Crippen molar-refractivity contribution in [2.45, 2.75) is 25.5 Å². The largest absolute Gasteiger partial charge is 0.493 e. The van der Waals surface area contributed by atoms with E-state index in [1.807, 2.05) is 18.2 Å². The highest BCUT2D eigenvalue weighted by molar-refractivity contribution is 5.95. The van der Waals surface area contributed by atoms with Gasteiger partial charge in [0, 0.05) is 18.7 Å². The van der Waals surface area contributed by atoms with Crippen molar-refractivity contribution in [1.29, 1.82) is 0 Å². The van der Waals surface area contributed by atoms with Gasteiger partial charge in [-0.25, -0.2) is 4.79 Å². The molecule has 2 N–H and O–H groups in total. The number of carboxylic acids is 1. The van der Waals surface area contributed by atoms with Crippen LogP contribution in [0.5, 0.6) is 11.5 Å². The summed E-state index contributed by atoms with van der Waals surface area (Å²) in [6.45, 7) is 1.57. The summed E-state index contributed by atoms with van der Waals surface area (Å²) >= 11 is 0. The maximum atomic E-state index is 12.2. The molecule has 0 spiro atoms. The van der Waals surface area contributed by atoms with Crippen LogP contribution >= 0.6 is 0 Å². The molecule has 1 aliphatic rings. The van der Waals surface area contributed by atoms with E-state index in [1.54, 1.807) is 7.11 Å². The van der Waals surface area contributed by atoms with Crippen LogP contribution < -0.4 is 14.8 Å². The number of carbonyl (C=O) groups is 2. The van der Waals surface area contributed by atoms with Gasteiger partial charge in [-0.1, -0.05) is 6.07 Å². The predicted molar refractivity (Wildman–Crippen MR) is 102 cm³/mol. The number of rotatable bonds is 8. The molecule has 1 aliphatic heterocycles. The fourth-order valence-corrected chi connectivity index (χ4v) is 2.95. The second kappa shape index (κ2) is 9.23. The van der Waals surface area contributed by atoms with Gasteiger partial charge in [0.05, 0.1) is 18.8 Å². The second-order valence-electron chi connectivity index (χ2n) is 6.50. The molecule has 1 amide bonds. The Balaban J connectivity index is 1.57. The molecule has 7 heteroatoms. The SMILES string of the molecule is COc1cc(CNC(=O)c2ccc(C(=O)O)cc2)ccc1OC[C@H]1CCCO1. The summed E-state index contributed by atoms with van der Waals surface area (Å²) in [6, 6.07) is 11.3. The highest BCUT2D eigenvalue weighted by Gasteiger charge is 2.17. The van der Waals surface area contributed by atoms with E-state index in [-0.39, 0.29) is 17.6 Å². The van der Waals surface area contributed by atoms with Gasteiger partial charge in [0.2, 0.25) is 0 Å². The lowest BCUT2D eigenvalue weighted by Crippen LogP contribution is -2.23. The summed E-state index contributed by atoms with van der Waals surface area (Å²) < 4.78 is 16.8. The molecule has 0 radical (unpaired) electrons. The topological polar surface area (TPSA) is 94.1 Å². The van der Waals surface area contributed by atoms with Gasteiger partial charge >= 0.3 is 5.97 Å². The molecule has 1 atom stereocenters. The van der Waals surface area contributed by atoms with E-state index >= 15 is 0 Å². The number of carbonyl (C=O) groups excluding carboxylic acids is 1. The quantitative estimate of drug-likeness (QED) is 0.726. The lowest BCUT2D eigenvalue weighted by molar-refractivity contribution is 0.0669. The fourth-order valence-electron chi connectivity index (χ4n) is 2.95. The van der Waals surface area contributed by atoms with E-state index in [2.05, 4.69) is 5.32 Å². The molecule has 28 heavy (non-hydrogen) atoms. The highest BCUT2D eigenvalue weighted by atomic mass is 16.5. The lowest BCUT2D eigenvalue weighted by Gasteiger charge is -2.15. The summed E-state index contributed by atoms with van der Waals surface area (Å²) in [5.41, 5.74) is 1.39. The van der Waals surface area contributed by atoms with Gasteiger partial charge in [0.15, 0.2) is 11.5 Å². The van der Waals surface area contributed by atoms with Gasteiger partial charge in [-0.15, -0.1) is 0 Å². The molecule has 1 heterocycles. The number of aromatic carboxylic acids is 1. The van der Waals surface area contributed by atoms with Crippen LogP contribution in [0.15, 0.2) is 42.5 Å². The number of ether oxygens (including phenoxy) is 3. The molecule has 0 saturated carbocycles. The second-order valence-corrected chi connectivity index (χ2v) is 6.50. The third kappa shape index (κ3) is 5.01. The van der Waals surface area contributed by atoms with Crippen molar-refractivity contribution in [2.75, 3.05) is 20.3 Å². The van der Waals surface area contributed by atoms with Crippen LogP contribution in [0.1, 0.15) is 39.1 Å². The Morgan fingerprint density at radius 1 is 1.14 bits per heavy atom. The van der Waals surface area contributed by atoms with Crippen molar-refractivity contribution in [3.63, 3.8) is 0 Å². The first-order chi connectivity index (χ1) is 13.6. The number of hydrogen-bond donors (Lipinski definition) is 2. The molecular formula is C21H23NO6. The number of benzene rings is 2. The molecule has 1 saturated heterocycles. The Labute approximate surface area is 163 Å². The number of amides is 1. The molecule has 2 aromatic rings. The minimum Gasteiger partial charge on any atom is -0.493 e. The average molecular weight is 385 g/mol. The molecule has 0 unspecified atom stereocenters. The normalized spacial score (nSPS) is 15.8. The molecule has 7 nitrogen and oxygen atoms in total. The summed E-state index contributed by atoms with van der Waals surface area (Å²) in [6.07, 6.45) is 2.18. The third-order valence-corrected chi connectivity index (χ3v) is 4.52. The van der Waals surface area contributed by atoms with Gasteiger partial charge in [-0.2, -0.15) is 0 Å². The van der Waals surface area contributed by atoms with Crippen LogP contribution in [0, 0.1) is 0 Å². The van der Waals surface area contributed by atoms with Gasteiger partial charge < -0.3 is 24.6 Å². The van der Waals surface area contributed by atoms with E-state index < -0.39 is 5.97 Å².